The number of hydrogen-bond acceptors (Lipinski definition) is 2. The molecule has 60 valence electrons. The van der Waals surface area contributed by atoms with E-state index >= 15 is 0 Å². The summed E-state index contributed by atoms with van der Waals surface area (Å²) in [5.74, 6) is 0. The van der Waals surface area contributed by atoms with Crippen LogP contribution in [0.5, 0.6) is 0 Å². The quantitative estimate of drug-likeness (QED) is 0.642. The van der Waals surface area contributed by atoms with Gasteiger partial charge in [-0.3, -0.25) is 4.90 Å². The van der Waals surface area contributed by atoms with Crippen LogP contribution in [0.15, 0.2) is 0 Å². The molecule has 10 heavy (non-hydrogen) atoms. The van der Waals surface area contributed by atoms with Gasteiger partial charge in [-0.05, 0) is 20.0 Å². The van der Waals surface area contributed by atoms with Crippen molar-refractivity contribution in [1.29, 1.82) is 0 Å². The van der Waals surface area contributed by atoms with Gasteiger partial charge in [0.25, 0.3) is 0 Å². The monoisotopic (exact) mass is 179 g/mol. The first-order valence-electron chi connectivity index (χ1n) is 3.61. The van der Waals surface area contributed by atoms with Crippen LogP contribution in [0.4, 0.5) is 0 Å². The van der Waals surface area contributed by atoms with Gasteiger partial charge in [-0.15, -0.1) is 0 Å². The second-order valence-corrected chi connectivity index (χ2v) is 2.25. The Balaban J connectivity index is 0. The Morgan fingerprint density at radius 3 is 1.80 bits per heavy atom. The molecule has 0 radical (unpaired) electrons. The molecule has 0 saturated carbocycles. The predicted molar refractivity (Wildman–Crippen MR) is 39.5 cm³/mol. The molecule has 1 N–H and O–H groups in total. The molecular weight excluding hydrogens is 162 g/mol. The van der Waals surface area contributed by atoms with Crippen molar-refractivity contribution in [3.8, 4) is 0 Å². The third-order valence-electron chi connectivity index (χ3n) is 1.70. The number of aliphatic hydroxyl groups excluding tert-OH is 1. The molecule has 3 heteroatoms. The van der Waals surface area contributed by atoms with Crippen molar-refractivity contribution in [2.24, 2.45) is 0 Å². The largest absolute Gasteiger partial charge is 0.395 e. The molecule has 0 aromatic heterocycles. The maximum Gasteiger partial charge on any atom is 0.0584 e. The van der Waals surface area contributed by atoms with Crippen LogP contribution in [0.25, 0.3) is 0 Å². The summed E-state index contributed by atoms with van der Waals surface area (Å²) in [6.07, 6.45) is 0. The standard InChI is InChI=1S/C7H17NO.Ti/c1-4-8(5-2)7(3)6-9;/h7,9H,4-6H2,1-3H3;. The van der Waals surface area contributed by atoms with Crippen LogP contribution in [0.2, 0.25) is 0 Å². The first-order valence-corrected chi connectivity index (χ1v) is 3.61. The second-order valence-electron chi connectivity index (χ2n) is 2.25. The summed E-state index contributed by atoms with van der Waals surface area (Å²) < 4.78 is 0. The minimum absolute atomic E-state index is 0. The van der Waals surface area contributed by atoms with Crippen LogP contribution in [-0.2, 0) is 21.7 Å². The van der Waals surface area contributed by atoms with Gasteiger partial charge in [0, 0.05) is 27.8 Å². The van der Waals surface area contributed by atoms with Crippen LogP contribution >= 0.6 is 0 Å². The fraction of sp³-hybridized carbons (Fsp3) is 1.00. The van der Waals surface area contributed by atoms with Gasteiger partial charge < -0.3 is 5.11 Å². The molecule has 0 aliphatic heterocycles. The SMILES string of the molecule is CCN(CC)C(C)CO.[Ti]. The molecule has 0 spiro atoms. The first-order chi connectivity index (χ1) is 4.26. The van der Waals surface area contributed by atoms with Gasteiger partial charge in [0.1, 0.15) is 0 Å². The number of nitrogens with zero attached hydrogens (tertiary/aromatic N) is 1. The zero-order valence-corrected chi connectivity index (χ0v) is 8.65. The molecule has 0 saturated heterocycles. The van der Waals surface area contributed by atoms with Crippen molar-refractivity contribution < 1.29 is 26.8 Å². The molecule has 0 aliphatic rings. The van der Waals surface area contributed by atoms with E-state index in [4.69, 9.17) is 5.11 Å². The van der Waals surface area contributed by atoms with E-state index in [0.29, 0.717) is 6.04 Å². The van der Waals surface area contributed by atoms with E-state index < -0.39 is 0 Å². The molecule has 0 aromatic rings. The van der Waals surface area contributed by atoms with E-state index in [9.17, 15) is 0 Å². The normalized spacial score (nSPS) is 12.9. The van der Waals surface area contributed by atoms with E-state index in [0.717, 1.165) is 13.1 Å². The number of rotatable bonds is 4. The molecule has 0 aromatic carbocycles. The summed E-state index contributed by atoms with van der Waals surface area (Å²) in [5, 5.41) is 8.73. The molecule has 0 heterocycles. The number of aliphatic hydroxyl groups is 1. The van der Waals surface area contributed by atoms with Gasteiger partial charge >= 0.3 is 0 Å². The molecule has 1 unspecified atom stereocenters. The Morgan fingerprint density at radius 2 is 1.70 bits per heavy atom. The maximum atomic E-state index is 8.73. The van der Waals surface area contributed by atoms with Crippen LogP contribution in [-0.4, -0.2) is 35.7 Å². The molecule has 0 rings (SSSR count). The molecule has 0 aliphatic carbocycles. The zero-order valence-electron chi connectivity index (χ0n) is 7.09. The van der Waals surface area contributed by atoms with Gasteiger partial charge in [0.15, 0.2) is 0 Å². The molecule has 2 nitrogen and oxygen atoms in total. The average Bonchev–Trinajstić information content (AvgIpc) is 1.90. The van der Waals surface area contributed by atoms with Crippen LogP contribution in [0.1, 0.15) is 20.8 Å². The van der Waals surface area contributed by atoms with E-state index in [2.05, 4.69) is 18.7 Å². The van der Waals surface area contributed by atoms with Gasteiger partial charge in [-0.2, -0.15) is 0 Å². The second kappa shape index (κ2) is 7.74. The molecular formula is C7H17NOTi. The Hall–Kier alpha value is 0.634. The van der Waals surface area contributed by atoms with Crippen molar-refractivity contribution >= 4 is 0 Å². The van der Waals surface area contributed by atoms with Crippen molar-refractivity contribution in [3.05, 3.63) is 0 Å². The smallest absolute Gasteiger partial charge is 0.0584 e. The van der Waals surface area contributed by atoms with Crippen molar-refractivity contribution in [1.82, 2.24) is 4.90 Å². The summed E-state index contributed by atoms with van der Waals surface area (Å²) in [5.41, 5.74) is 0. The van der Waals surface area contributed by atoms with E-state index in [1.807, 2.05) is 6.92 Å². The van der Waals surface area contributed by atoms with Crippen LogP contribution in [0, 0.1) is 0 Å². The Labute approximate surface area is 78.5 Å². The van der Waals surface area contributed by atoms with E-state index in [1.165, 1.54) is 0 Å². The van der Waals surface area contributed by atoms with Gasteiger partial charge in [-0.25, -0.2) is 0 Å². The van der Waals surface area contributed by atoms with E-state index in [-0.39, 0.29) is 28.3 Å². The third kappa shape index (κ3) is 4.45. The fourth-order valence-electron chi connectivity index (χ4n) is 0.962. The fourth-order valence-corrected chi connectivity index (χ4v) is 0.962. The topological polar surface area (TPSA) is 23.5 Å². The van der Waals surface area contributed by atoms with Crippen molar-refractivity contribution in [2.45, 2.75) is 26.8 Å². The van der Waals surface area contributed by atoms with Crippen LogP contribution in [0.3, 0.4) is 0 Å². The number of hydrogen-bond donors (Lipinski definition) is 1. The van der Waals surface area contributed by atoms with Crippen LogP contribution < -0.4 is 0 Å². The van der Waals surface area contributed by atoms with E-state index in [1.54, 1.807) is 0 Å². The first kappa shape index (κ1) is 13.2. The molecule has 0 amide bonds. The molecule has 0 fully saturated rings. The predicted octanol–water partition coefficient (Wildman–Crippen LogP) is 0.706. The summed E-state index contributed by atoms with van der Waals surface area (Å²) in [7, 11) is 0. The Kier molecular flexibility index (Phi) is 10.2. The molecule has 1 atom stereocenters. The third-order valence-corrected chi connectivity index (χ3v) is 1.70. The van der Waals surface area contributed by atoms with Crippen molar-refractivity contribution in [3.63, 3.8) is 0 Å². The summed E-state index contributed by atoms with van der Waals surface area (Å²) in [4.78, 5) is 2.22. The van der Waals surface area contributed by atoms with Gasteiger partial charge in [0.2, 0.25) is 0 Å². The molecule has 0 bridgehead atoms. The summed E-state index contributed by atoms with van der Waals surface area (Å²) >= 11 is 0. The van der Waals surface area contributed by atoms with Crippen molar-refractivity contribution in [2.75, 3.05) is 19.7 Å². The summed E-state index contributed by atoms with van der Waals surface area (Å²) in [6, 6.07) is 0.319. The minimum Gasteiger partial charge on any atom is -0.395 e. The minimum atomic E-state index is 0. The average molecular weight is 179 g/mol. The Bertz CT molecular complexity index is 66.6. The zero-order chi connectivity index (χ0) is 7.28. The van der Waals surface area contributed by atoms with Gasteiger partial charge in [-0.1, -0.05) is 13.8 Å². The maximum absolute atomic E-state index is 8.73. The van der Waals surface area contributed by atoms with Gasteiger partial charge in [0.05, 0.1) is 6.61 Å². The Morgan fingerprint density at radius 1 is 1.30 bits per heavy atom. The number of likely N-dealkylation sites (N-methyl/N-ethyl adjacent to an activating group) is 1. The summed E-state index contributed by atoms with van der Waals surface area (Å²) in [6.45, 7) is 8.57.